The van der Waals surface area contributed by atoms with E-state index in [4.69, 9.17) is 9.47 Å². The minimum Gasteiger partial charge on any atom is -0.457 e. The van der Waals surface area contributed by atoms with Crippen LogP contribution >= 0.6 is 0 Å². The molecule has 1 unspecified atom stereocenters. The zero-order chi connectivity index (χ0) is 16.3. The Morgan fingerprint density at radius 2 is 1.67 bits per heavy atom. The van der Waals surface area contributed by atoms with Gasteiger partial charge in [0.15, 0.2) is 0 Å². The van der Waals surface area contributed by atoms with Gasteiger partial charge in [0.2, 0.25) is 0 Å². The maximum absolute atomic E-state index is 12.0. The van der Waals surface area contributed by atoms with Gasteiger partial charge in [-0.25, -0.2) is 9.59 Å². The number of ether oxygens (including phenoxy) is 2. The summed E-state index contributed by atoms with van der Waals surface area (Å²) in [6, 6.07) is -0.271. The molecule has 0 saturated carbocycles. The van der Waals surface area contributed by atoms with Crippen LogP contribution in [-0.2, 0) is 14.3 Å². The first-order valence-corrected chi connectivity index (χ1v) is 7.06. The summed E-state index contributed by atoms with van der Waals surface area (Å²) in [4.78, 5) is 23.7. The summed E-state index contributed by atoms with van der Waals surface area (Å²) in [6.07, 6.45) is 5.16. The molecule has 0 heterocycles. The summed E-state index contributed by atoms with van der Waals surface area (Å²) < 4.78 is 10.5. The van der Waals surface area contributed by atoms with Crippen molar-refractivity contribution >= 4 is 12.1 Å². The molecular formula is C16H25NO4. The van der Waals surface area contributed by atoms with E-state index in [0.29, 0.717) is 12.0 Å². The molecule has 0 aromatic rings. The molecule has 5 nitrogen and oxygen atoms in total. The van der Waals surface area contributed by atoms with Crippen molar-refractivity contribution in [1.29, 1.82) is 0 Å². The Labute approximate surface area is 126 Å². The molecule has 118 valence electrons. The molecule has 1 amide bonds. The van der Waals surface area contributed by atoms with Gasteiger partial charge < -0.3 is 14.8 Å². The Bertz CT molecular complexity index is 464. The van der Waals surface area contributed by atoms with E-state index in [-0.39, 0.29) is 12.0 Å². The van der Waals surface area contributed by atoms with Crippen molar-refractivity contribution in [3.63, 3.8) is 0 Å². The van der Waals surface area contributed by atoms with E-state index in [1.54, 1.807) is 32.9 Å². The molecule has 0 aliphatic heterocycles. The zero-order valence-electron chi connectivity index (χ0n) is 13.6. The smallest absolute Gasteiger partial charge is 0.408 e. The normalized spacial score (nSPS) is 18.8. The predicted octanol–water partition coefficient (Wildman–Crippen LogP) is 3.11. The van der Waals surface area contributed by atoms with E-state index in [9.17, 15) is 9.59 Å². The van der Waals surface area contributed by atoms with E-state index < -0.39 is 17.3 Å². The Balaban J connectivity index is 2.57. The Kier molecular flexibility index (Phi) is 5.20. The molecule has 1 rings (SSSR count). The van der Waals surface area contributed by atoms with Gasteiger partial charge in [0.05, 0.1) is 6.04 Å². The average molecular weight is 295 g/mol. The molecular weight excluding hydrogens is 270 g/mol. The van der Waals surface area contributed by atoms with E-state index in [2.05, 4.69) is 5.32 Å². The van der Waals surface area contributed by atoms with Crippen LogP contribution in [0.4, 0.5) is 4.79 Å². The number of rotatable bonds is 2. The van der Waals surface area contributed by atoms with Crippen LogP contribution in [0.5, 0.6) is 0 Å². The summed E-state index contributed by atoms with van der Waals surface area (Å²) in [6.45, 7) is 10.9. The lowest BCUT2D eigenvalue weighted by molar-refractivity contribution is -0.150. The van der Waals surface area contributed by atoms with Crippen LogP contribution in [0.25, 0.3) is 0 Å². The topological polar surface area (TPSA) is 64.6 Å². The Morgan fingerprint density at radius 3 is 2.19 bits per heavy atom. The third kappa shape index (κ3) is 6.97. The summed E-state index contributed by atoms with van der Waals surface area (Å²) >= 11 is 0. The van der Waals surface area contributed by atoms with Crippen LogP contribution in [0, 0.1) is 0 Å². The maximum Gasteiger partial charge on any atom is 0.408 e. The molecule has 0 aromatic carbocycles. The van der Waals surface area contributed by atoms with Gasteiger partial charge in [0.1, 0.15) is 11.2 Å². The second-order valence-electron chi connectivity index (χ2n) is 7.04. The van der Waals surface area contributed by atoms with E-state index in [1.165, 1.54) is 0 Å². The fourth-order valence-corrected chi connectivity index (χ4v) is 1.73. The molecule has 0 spiro atoms. The fourth-order valence-electron chi connectivity index (χ4n) is 1.73. The molecule has 0 fully saturated rings. The van der Waals surface area contributed by atoms with Crippen molar-refractivity contribution in [3.8, 4) is 0 Å². The highest BCUT2D eigenvalue weighted by atomic mass is 16.6. The predicted molar refractivity (Wildman–Crippen MR) is 80.8 cm³/mol. The van der Waals surface area contributed by atoms with Gasteiger partial charge in [-0.05, 0) is 41.5 Å². The molecule has 0 bridgehead atoms. The van der Waals surface area contributed by atoms with E-state index in [0.717, 1.165) is 0 Å². The van der Waals surface area contributed by atoms with Gasteiger partial charge in [0, 0.05) is 12.0 Å². The molecule has 0 saturated heterocycles. The first-order chi connectivity index (χ1) is 9.46. The SMILES string of the molecule is CC(C)(C)OC(=O)NC1C=CC=C(C(=O)OC(C)(C)C)C1. The van der Waals surface area contributed by atoms with Crippen LogP contribution < -0.4 is 5.32 Å². The van der Waals surface area contributed by atoms with Crippen molar-refractivity contribution < 1.29 is 19.1 Å². The molecule has 1 aliphatic rings. The first kappa shape index (κ1) is 17.3. The highest BCUT2D eigenvalue weighted by Gasteiger charge is 2.25. The molecule has 5 heteroatoms. The molecule has 0 radical (unpaired) electrons. The number of alkyl carbamates (subject to hydrolysis) is 1. The lowest BCUT2D eigenvalue weighted by Crippen LogP contribution is -2.39. The summed E-state index contributed by atoms with van der Waals surface area (Å²) in [7, 11) is 0. The van der Waals surface area contributed by atoms with Crippen LogP contribution in [-0.4, -0.2) is 29.3 Å². The molecule has 1 N–H and O–H groups in total. The van der Waals surface area contributed by atoms with Crippen molar-refractivity contribution in [3.05, 3.63) is 23.8 Å². The second-order valence-corrected chi connectivity index (χ2v) is 7.04. The number of hydrogen-bond acceptors (Lipinski definition) is 4. The maximum atomic E-state index is 12.0. The number of allylic oxidation sites excluding steroid dienone is 2. The molecule has 0 aromatic heterocycles. The summed E-state index contributed by atoms with van der Waals surface area (Å²) in [5.74, 6) is -0.358. The minimum atomic E-state index is -0.549. The largest absolute Gasteiger partial charge is 0.457 e. The van der Waals surface area contributed by atoms with Crippen molar-refractivity contribution in [1.82, 2.24) is 5.32 Å². The third-order valence-electron chi connectivity index (χ3n) is 2.44. The number of nitrogens with one attached hydrogen (secondary N) is 1. The fraction of sp³-hybridized carbons (Fsp3) is 0.625. The van der Waals surface area contributed by atoms with E-state index >= 15 is 0 Å². The van der Waals surface area contributed by atoms with Gasteiger partial charge in [-0.1, -0.05) is 18.2 Å². The van der Waals surface area contributed by atoms with Crippen molar-refractivity contribution in [2.24, 2.45) is 0 Å². The Morgan fingerprint density at radius 1 is 1.10 bits per heavy atom. The highest BCUT2D eigenvalue weighted by molar-refractivity contribution is 5.89. The second kappa shape index (κ2) is 6.33. The van der Waals surface area contributed by atoms with Crippen LogP contribution in [0.2, 0.25) is 0 Å². The quantitative estimate of drug-likeness (QED) is 0.795. The standard InChI is InChI=1S/C16H25NO4/c1-15(2,3)20-13(18)11-8-7-9-12(10-11)17-14(19)21-16(4,5)6/h7-9,12H,10H2,1-6H3,(H,17,19). The summed E-state index contributed by atoms with van der Waals surface area (Å²) in [5.41, 5.74) is -0.548. The van der Waals surface area contributed by atoms with E-state index in [1.807, 2.05) is 26.8 Å². The number of hydrogen-bond donors (Lipinski definition) is 1. The van der Waals surface area contributed by atoms with Crippen molar-refractivity contribution in [2.75, 3.05) is 0 Å². The van der Waals surface area contributed by atoms with Gasteiger partial charge in [-0.15, -0.1) is 0 Å². The van der Waals surface area contributed by atoms with Gasteiger partial charge in [-0.3, -0.25) is 0 Å². The lowest BCUT2D eigenvalue weighted by Gasteiger charge is -2.25. The molecule has 1 atom stereocenters. The number of carbonyl (C=O) groups is 2. The number of amides is 1. The average Bonchev–Trinajstić information content (AvgIpc) is 2.24. The zero-order valence-corrected chi connectivity index (χ0v) is 13.6. The molecule has 21 heavy (non-hydrogen) atoms. The molecule has 1 aliphatic carbocycles. The van der Waals surface area contributed by atoms with Gasteiger partial charge in [-0.2, -0.15) is 0 Å². The van der Waals surface area contributed by atoms with Crippen LogP contribution in [0.15, 0.2) is 23.8 Å². The first-order valence-electron chi connectivity index (χ1n) is 7.06. The minimum absolute atomic E-state index is 0.271. The highest BCUT2D eigenvalue weighted by Crippen LogP contribution is 2.18. The number of esters is 1. The summed E-state index contributed by atoms with van der Waals surface area (Å²) in [5, 5.41) is 2.73. The Hall–Kier alpha value is -1.78. The third-order valence-corrected chi connectivity index (χ3v) is 2.44. The monoisotopic (exact) mass is 295 g/mol. The van der Waals surface area contributed by atoms with Crippen molar-refractivity contribution in [2.45, 2.75) is 65.2 Å². The van der Waals surface area contributed by atoms with Gasteiger partial charge in [0.25, 0.3) is 0 Å². The lowest BCUT2D eigenvalue weighted by atomic mass is 10.0. The van der Waals surface area contributed by atoms with Crippen LogP contribution in [0.3, 0.4) is 0 Å². The van der Waals surface area contributed by atoms with Gasteiger partial charge >= 0.3 is 12.1 Å². The number of carbonyl (C=O) groups excluding carboxylic acids is 2. The van der Waals surface area contributed by atoms with Crippen LogP contribution in [0.1, 0.15) is 48.0 Å².